The number of sulfone groups is 3. The standard InChI is InChI=1S/3C24H23F2N5O3S/c3*1-13-6-18-23(28-13)19(8-15(29-18)9-21(32)16-10-24(16,25)26)30-17-5-4-14(7-22(17)35(3,33)34)20-11-31(2)12-27-20/h3*4-5,7-8,11-12,16H,6,9-10H2,1-3H3,(H,29,30)/t2*16-;/m10./s1. The lowest BCUT2D eigenvalue weighted by Crippen LogP contribution is -2.12. The van der Waals surface area contributed by atoms with Gasteiger partial charge in [-0.15, -0.1) is 0 Å². The molecule has 1 unspecified atom stereocenters. The number of nitrogens with zero attached hydrogens (tertiary/aromatic N) is 12. The van der Waals surface area contributed by atoms with E-state index in [-0.39, 0.29) is 33.9 Å². The zero-order valence-electron chi connectivity index (χ0n) is 58.0. The number of aryl methyl sites for hydroxylation is 3. The lowest BCUT2D eigenvalue weighted by molar-refractivity contribution is -0.122. The van der Waals surface area contributed by atoms with Crippen LogP contribution in [0.25, 0.3) is 33.8 Å². The molecule has 15 rings (SSSR count). The van der Waals surface area contributed by atoms with Crippen molar-refractivity contribution < 1.29 is 66.0 Å². The normalized spacial score (nSPS) is 18.2. The molecule has 3 atom stereocenters. The number of aromatic nitrogens is 9. The second-order valence-corrected chi connectivity index (χ2v) is 33.5. The number of carbonyl (C=O) groups excluding carboxylic acids is 3. The molecule has 9 heterocycles. The second kappa shape index (κ2) is 26.9. The van der Waals surface area contributed by atoms with E-state index in [0.29, 0.717) is 138 Å². The Morgan fingerprint density at radius 1 is 0.419 bits per heavy atom. The van der Waals surface area contributed by atoms with Crippen molar-refractivity contribution in [2.75, 3.05) is 34.7 Å². The smallest absolute Gasteiger partial charge is 0.258 e. The Hall–Kier alpha value is -10.4. The van der Waals surface area contributed by atoms with Crippen LogP contribution in [-0.4, -0.2) is 140 Å². The number of Topliss-reactive ketones (excluding diaryl/α,β-unsaturated/α-hetero) is 3. The summed E-state index contributed by atoms with van der Waals surface area (Å²) in [6.45, 7) is 5.51. The van der Waals surface area contributed by atoms with E-state index in [0.717, 1.165) is 35.9 Å². The van der Waals surface area contributed by atoms with Crippen molar-refractivity contribution >= 4 is 115 Å². The SMILES string of the molecule is CC1=Nc2c(Nc3ccc(-c4cn(C)cn4)cc3S(C)(=O)=O)cc(CC(=O)C3CC3(F)F)nc2C1.CC1=Nc2c(Nc3ccc(-c4cn(C)cn4)cc3S(C)(=O)=O)cc(CC(=O)[C@@H]3CC3(F)F)nc2C1.CC1=Nc2c(Nc3ccc(-c4cn(C)cn4)cc3S(C)(=O)=O)cc(CC(=O)[C@H]3CC3(F)F)nc2C1. The van der Waals surface area contributed by atoms with Crippen LogP contribution in [0.2, 0.25) is 0 Å². The van der Waals surface area contributed by atoms with Gasteiger partial charge in [0, 0.05) is 150 Å². The molecule has 0 radical (unpaired) electrons. The molecule has 6 aromatic heterocycles. The van der Waals surface area contributed by atoms with Gasteiger partial charge in [0.1, 0.15) is 34.4 Å². The van der Waals surface area contributed by atoms with Gasteiger partial charge in [0.15, 0.2) is 29.5 Å². The van der Waals surface area contributed by atoms with Crippen LogP contribution in [0.15, 0.2) is 140 Å². The summed E-state index contributed by atoms with van der Waals surface area (Å²) in [6, 6.07) is 19.6. The van der Waals surface area contributed by atoms with E-state index in [1.165, 1.54) is 0 Å². The highest BCUT2D eigenvalue weighted by molar-refractivity contribution is 7.91. The Labute approximate surface area is 599 Å². The molecule has 3 fully saturated rings. The Morgan fingerprint density at radius 3 is 0.876 bits per heavy atom. The van der Waals surface area contributed by atoms with Gasteiger partial charge in [0.05, 0.1) is 137 Å². The minimum Gasteiger partial charge on any atom is -0.353 e. The fourth-order valence-electron chi connectivity index (χ4n) is 12.7. The molecule has 9 aromatic rings. The highest BCUT2D eigenvalue weighted by Crippen LogP contribution is 2.52. The van der Waals surface area contributed by atoms with Crippen molar-refractivity contribution in [3.63, 3.8) is 0 Å². The first-order chi connectivity index (χ1) is 49.2. The molecule has 33 heteroatoms. The van der Waals surface area contributed by atoms with Gasteiger partial charge in [0.25, 0.3) is 17.8 Å². The Kier molecular flexibility index (Phi) is 18.7. The number of alkyl halides is 6. The number of imidazole rings is 3. The maximum Gasteiger partial charge on any atom is 0.258 e. The van der Waals surface area contributed by atoms with E-state index in [9.17, 15) is 66.0 Å². The van der Waals surface area contributed by atoms with Gasteiger partial charge in [0.2, 0.25) is 0 Å². The number of carbonyl (C=O) groups is 3. The van der Waals surface area contributed by atoms with Gasteiger partial charge in [-0.05, 0) is 75.4 Å². The van der Waals surface area contributed by atoms with E-state index in [1.807, 2.05) is 41.9 Å². The predicted octanol–water partition coefficient (Wildman–Crippen LogP) is 12.1. The number of pyridine rings is 3. The molecule has 105 heavy (non-hydrogen) atoms. The molecule has 3 aromatic carbocycles. The second-order valence-electron chi connectivity index (χ2n) is 27.5. The summed E-state index contributed by atoms with van der Waals surface area (Å²) in [7, 11) is -5.43. The summed E-state index contributed by atoms with van der Waals surface area (Å²) in [5.74, 6) is -14.3. The molecule has 546 valence electrons. The summed E-state index contributed by atoms with van der Waals surface area (Å²) < 4.78 is 161. The maximum atomic E-state index is 13.4. The number of ketones is 3. The highest BCUT2D eigenvalue weighted by Gasteiger charge is 2.62. The minimum atomic E-state index is -3.63. The number of aliphatic imine (C=N–C) groups is 3. The first kappa shape index (κ1) is 72.9. The average molecular weight is 1500 g/mol. The van der Waals surface area contributed by atoms with Crippen molar-refractivity contribution in [1.29, 1.82) is 0 Å². The fraction of sp³-hybridized carbons (Fsp3) is 0.333. The molecule has 3 N–H and O–H groups in total. The predicted molar refractivity (Wildman–Crippen MR) is 383 cm³/mol. The topological polar surface area (TPSA) is 319 Å². The summed E-state index contributed by atoms with van der Waals surface area (Å²) >= 11 is 0. The van der Waals surface area contributed by atoms with Crippen molar-refractivity contribution in [3.8, 4) is 33.8 Å². The van der Waals surface area contributed by atoms with Crippen LogP contribution in [-0.2, 0) is 104 Å². The lowest BCUT2D eigenvalue weighted by Gasteiger charge is -2.15. The number of hydrogen-bond donors (Lipinski definition) is 3. The van der Waals surface area contributed by atoms with E-state index >= 15 is 0 Å². The monoisotopic (exact) mass is 1500 g/mol. The van der Waals surface area contributed by atoms with Crippen molar-refractivity contribution in [2.24, 2.45) is 53.9 Å². The number of rotatable bonds is 21. The van der Waals surface area contributed by atoms with Crippen molar-refractivity contribution in [3.05, 3.63) is 145 Å². The van der Waals surface area contributed by atoms with Gasteiger partial charge in [-0.25, -0.2) is 66.5 Å². The summed E-state index contributed by atoms with van der Waals surface area (Å²) in [4.78, 5) is 77.1. The van der Waals surface area contributed by atoms with Crippen LogP contribution in [0.4, 0.5) is 77.5 Å². The molecule has 3 aliphatic carbocycles. The molecule has 3 aliphatic heterocycles. The molecular formula is C72H69F6N15O9S3. The summed E-state index contributed by atoms with van der Waals surface area (Å²) in [5, 5.41) is 9.44. The summed E-state index contributed by atoms with van der Waals surface area (Å²) in [5.41, 5.74) is 13.1. The van der Waals surface area contributed by atoms with Gasteiger partial charge >= 0.3 is 0 Å². The Bertz CT molecular complexity index is 5070. The number of benzene rings is 3. The average Bonchev–Trinajstić information content (AvgIpc) is 1.67. The molecule has 0 saturated heterocycles. The van der Waals surface area contributed by atoms with Crippen LogP contribution in [0.5, 0.6) is 0 Å². The Balaban J connectivity index is 0.000000140. The van der Waals surface area contributed by atoms with Crippen LogP contribution in [0.3, 0.4) is 0 Å². The Morgan fingerprint density at radius 2 is 0.667 bits per heavy atom. The summed E-state index contributed by atoms with van der Waals surface area (Å²) in [6.07, 6.45) is 13.0. The van der Waals surface area contributed by atoms with Crippen LogP contribution >= 0.6 is 0 Å². The number of anilines is 6. The maximum absolute atomic E-state index is 13.4. The van der Waals surface area contributed by atoms with Gasteiger partial charge < -0.3 is 29.7 Å². The fourth-order valence-corrected chi connectivity index (χ4v) is 15.2. The minimum absolute atomic E-state index is 0.0696. The molecule has 0 spiro atoms. The number of halogens is 6. The van der Waals surface area contributed by atoms with Crippen molar-refractivity contribution in [2.45, 2.75) is 111 Å². The third-order valence-corrected chi connectivity index (χ3v) is 21.6. The van der Waals surface area contributed by atoms with E-state index in [2.05, 4.69) is 60.8 Å². The van der Waals surface area contributed by atoms with Gasteiger partial charge in [-0.1, -0.05) is 18.2 Å². The third kappa shape index (κ3) is 16.1. The van der Waals surface area contributed by atoms with E-state index < -0.39 is 102 Å². The van der Waals surface area contributed by atoms with Gasteiger partial charge in [-0.3, -0.25) is 44.3 Å². The number of nitrogens with one attached hydrogen (secondary N) is 3. The van der Waals surface area contributed by atoms with Crippen LogP contribution < -0.4 is 16.0 Å². The molecule has 0 amide bonds. The van der Waals surface area contributed by atoms with Gasteiger partial charge in [-0.2, -0.15) is 0 Å². The first-order valence-electron chi connectivity index (χ1n) is 32.9. The largest absolute Gasteiger partial charge is 0.353 e. The molecule has 24 nitrogen and oxygen atoms in total. The zero-order chi connectivity index (χ0) is 75.4. The lowest BCUT2D eigenvalue weighted by atomic mass is 10.1. The molecule has 3 saturated carbocycles. The number of fused-ring (bicyclic) bond motifs is 3. The number of hydrogen-bond acceptors (Lipinski definition) is 21. The molecular weight excluding hydrogens is 1430 g/mol. The van der Waals surface area contributed by atoms with Crippen LogP contribution in [0.1, 0.15) is 74.2 Å². The third-order valence-electron chi connectivity index (χ3n) is 18.2. The van der Waals surface area contributed by atoms with Crippen LogP contribution in [0, 0.1) is 17.8 Å². The van der Waals surface area contributed by atoms with E-state index in [4.69, 9.17) is 0 Å². The van der Waals surface area contributed by atoms with Crippen molar-refractivity contribution in [1.82, 2.24) is 43.6 Å². The van der Waals surface area contributed by atoms with E-state index in [1.54, 1.807) is 124 Å². The molecule has 6 aliphatic rings. The first-order valence-corrected chi connectivity index (χ1v) is 38.6. The highest BCUT2D eigenvalue weighted by atomic mass is 32.2. The zero-order valence-corrected chi connectivity index (χ0v) is 60.5. The molecule has 0 bridgehead atoms. The quantitative estimate of drug-likeness (QED) is 0.0563.